The molecule has 2 aliphatic heterocycles. The van der Waals surface area contributed by atoms with Crippen molar-refractivity contribution in [3.63, 3.8) is 0 Å². The average molecular weight is 383 g/mol. The fourth-order valence-corrected chi connectivity index (χ4v) is 5.29. The topological polar surface area (TPSA) is 35.9 Å². The summed E-state index contributed by atoms with van der Waals surface area (Å²) in [5.41, 5.74) is 1.38. The van der Waals surface area contributed by atoms with E-state index in [2.05, 4.69) is 67.1 Å². The molecule has 0 aliphatic carbocycles. The van der Waals surface area contributed by atoms with E-state index in [0.29, 0.717) is 12.6 Å². The molecule has 0 amide bonds. The molecule has 4 nitrogen and oxygen atoms in total. The smallest absolute Gasteiger partial charge is 0.124 e. The van der Waals surface area contributed by atoms with Gasteiger partial charge in [0.05, 0.1) is 12.7 Å². The van der Waals surface area contributed by atoms with Gasteiger partial charge in [0.25, 0.3) is 0 Å². The van der Waals surface area contributed by atoms with Crippen LogP contribution in [0.4, 0.5) is 0 Å². The lowest BCUT2D eigenvalue weighted by Gasteiger charge is -2.53. The highest BCUT2D eigenvalue weighted by Gasteiger charge is 2.46. The molecule has 4 rings (SSSR count). The van der Waals surface area contributed by atoms with Crippen LogP contribution in [0.2, 0.25) is 0 Å². The number of benzene rings is 2. The first kappa shape index (κ1) is 19.7. The Morgan fingerprint density at radius 2 is 1.96 bits per heavy atom. The summed E-state index contributed by atoms with van der Waals surface area (Å²) in [7, 11) is 2.23. The van der Waals surface area contributed by atoms with Crippen LogP contribution in [-0.4, -0.2) is 60.3 Å². The highest BCUT2D eigenvalue weighted by Crippen LogP contribution is 2.42. The molecule has 2 aromatic rings. The molecule has 0 aromatic heterocycles. The van der Waals surface area contributed by atoms with Crippen LogP contribution < -0.4 is 4.74 Å². The minimum atomic E-state index is 0.0829. The van der Waals surface area contributed by atoms with Gasteiger partial charge in [-0.1, -0.05) is 30.3 Å². The lowest BCUT2D eigenvalue weighted by Crippen LogP contribution is -2.61. The Kier molecular flexibility index (Phi) is 5.64. The zero-order chi connectivity index (χ0) is 19.7. The number of ether oxygens (including phenoxy) is 1. The van der Waals surface area contributed by atoms with E-state index in [1.165, 1.54) is 22.8 Å². The van der Waals surface area contributed by atoms with Gasteiger partial charge in [-0.15, -0.1) is 0 Å². The Labute approximate surface area is 169 Å². The first-order valence-corrected chi connectivity index (χ1v) is 10.7. The van der Waals surface area contributed by atoms with Gasteiger partial charge in [-0.05, 0) is 70.1 Å². The first-order chi connectivity index (χ1) is 13.5. The van der Waals surface area contributed by atoms with Crippen LogP contribution in [0, 0.1) is 5.41 Å². The second-order valence-corrected chi connectivity index (χ2v) is 9.04. The summed E-state index contributed by atoms with van der Waals surface area (Å²) in [5.74, 6) is 1.00. The minimum Gasteiger partial charge on any atom is -0.491 e. The minimum absolute atomic E-state index is 0.0829. The van der Waals surface area contributed by atoms with E-state index in [1.807, 2.05) is 0 Å². The highest BCUT2D eigenvalue weighted by atomic mass is 16.5. The summed E-state index contributed by atoms with van der Waals surface area (Å²) < 4.78 is 6.19. The number of aliphatic hydroxyl groups is 1. The van der Waals surface area contributed by atoms with Crippen LogP contribution in [0.1, 0.15) is 38.7 Å². The van der Waals surface area contributed by atoms with Crippen LogP contribution in [-0.2, 0) is 6.54 Å². The van der Waals surface area contributed by atoms with Gasteiger partial charge in [0.15, 0.2) is 0 Å². The number of rotatable bonds is 5. The van der Waals surface area contributed by atoms with Gasteiger partial charge in [-0.3, -0.25) is 4.90 Å². The maximum Gasteiger partial charge on any atom is 0.124 e. The van der Waals surface area contributed by atoms with Gasteiger partial charge in [-0.25, -0.2) is 0 Å². The summed E-state index contributed by atoms with van der Waals surface area (Å²) in [6.07, 6.45) is 3.59. The normalized spacial score (nSPS) is 26.5. The van der Waals surface area contributed by atoms with Crippen LogP contribution in [0.5, 0.6) is 5.75 Å². The molecular formula is C24H34N2O2. The van der Waals surface area contributed by atoms with Gasteiger partial charge >= 0.3 is 0 Å². The number of fused-ring (bicyclic) bond motifs is 2. The van der Waals surface area contributed by atoms with Gasteiger partial charge in [0.2, 0.25) is 0 Å². The van der Waals surface area contributed by atoms with Crippen molar-refractivity contribution in [1.82, 2.24) is 9.80 Å². The molecule has 2 aliphatic rings. The van der Waals surface area contributed by atoms with E-state index in [-0.39, 0.29) is 11.5 Å². The van der Waals surface area contributed by atoms with Gasteiger partial charge in [0, 0.05) is 30.1 Å². The predicted molar refractivity (Wildman–Crippen MR) is 115 cm³/mol. The Morgan fingerprint density at radius 1 is 1.14 bits per heavy atom. The molecule has 1 N–H and O–H groups in total. The molecule has 152 valence electrons. The first-order valence-electron chi connectivity index (χ1n) is 10.7. The molecule has 0 spiro atoms. The van der Waals surface area contributed by atoms with E-state index in [4.69, 9.17) is 4.74 Å². The average Bonchev–Trinajstić information content (AvgIpc) is 2.70. The maximum absolute atomic E-state index is 10.2. The van der Waals surface area contributed by atoms with Crippen molar-refractivity contribution < 1.29 is 9.84 Å². The third-order valence-corrected chi connectivity index (χ3v) is 6.84. The van der Waals surface area contributed by atoms with Gasteiger partial charge in [0.1, 0.15) is 5.75 Å². The van der Waals surface area contributed by atoms with Crippen LogP contribution in [0.3, 0.4) is 0 Å². The quantitative estimate of drug-likeness (QED) is 0.851. The number of likely N-dealkylation sites (tertiary alicyclic amines) is 2. The molecule has 28 heavy (non-hydrogen) atoms. The lowest BCUT2D eigenvalue weighted by molar-refractivity contribution is -0.0685. The van der Waals surface area contributed by atoms with Crippen molar-refractivity contribution in [2.75, 3.05) is 33.3 Å². The van der Waals surface area contributed by atoms with Gasteiger partial charge < -0.3 is 14.7 Å². The molecule has 2 atom stereocenters. The van der Waals surface area contributed by atoms with Crippen molar-refractivity contribution in [2.45, 2.75) is 51.8 Å². The maximum atomic E-state index is 10.2. The molecule has 0 radical (unpaired) electrons. The van der Waals surface area contributed by atoms with Crippen molar-refractivity contribution in [3.05, 3.63) is 42.0 Å². The third-order valence-electron chi connectivity index (χ3n) is 6.84. The molecule has 2 fully saturated rings. The number of aliphatic hydroxyl groups excluding tert-OH is 1. The summed E-state index contributed by atoms with van der Waals surface area (Å²) >= 11 is 0. The van der Waals surface area contributed by atoms with Crippen molar-refractivity contribution in [1.29, 1.82) is 0 Å². The molecule has 4 heteroatoms. The fourth-order valence-electron chi connectivity index (χ4n) is 5.29. The Balaban J connectivity index is 1.63. The largest absolute Gasteiger partial charge is 0.491 e. The van der Waals surface area contributed by atoms with Crippen LogP contribution in [0.25, 0.3) is 10.8 Å². The van der Waals surface area contributed by atoms with E-state index in [0.717, 1.165) is 44.8 Å². The number of nitrogens with zero attached hydrogens (tertiary/aromatic N) is 2. The van der Waals surface area contributed by atoms with E-state index < -0.39 is 0 Å². The molecule has 0 saturated carbocycles. The standard InChI is InChI=1S/C24H34N2O2/c1-18(2)28-22-10-9-19-7-4-5-8-20(19)21(22)15-26-14-12-24(17-27)11-6-13-25(3)23(24)16-26/h4-5,7-10,18,23,27H,6,11-17H2,1-3H3/t23-,24-/m1/s1. The monoisotopic (exact) mass is 382 g/mol. The van der Waals surface area contributed by atoms with E-state index in [1.54, 1.807) is 0 Å². The van der Waals surface area contributed by atoms with Crippen LogP contribution in [0.15, 0.2) is 36.4 Å². The van der Waals surface area contributed by atoms with Crippen molar-refractivity contribution in [3.8, 4) is 5.75 Å². The number of hydrogen-bond donors (Lipinski definition) is 1. The van der Waals surface area contributed by atoms with Gasteiger partial charge in [-0.2, -0.15) is 0 Å². The van der Waals surface area contributed by atoms with Crippen molar-refractivity contribution in [2.24, 2.45) is 5.41 Å². The summed E-state index contributed by atoms with van der Waals surface area (Å²) in [4.78, 5) is 5.04. The second kappa shape index (κ2) is 8.02. The molecule has 0 unspecified atom stereocenters. The molecular weight excluding hydrogens is 348 g/mol. The van der Waals surface area contributed by atoms with E-state index in [9.17, 15) is 5.11 Å². The SMILES string of the molecule is CC(C)Oc1ccc2ccccc2c1CN1CC[C@@]2(CO)CCCN(C)[C@@H]2C1. The van der Waals surface area contributed by atoms with Crippen LogP contribution >= 0.6 is 0 Å². The van der Waals surface area contributed by atoms with Crippen molar-refractivity contribution >= 4 is 10.8 Å². The Morgan fingerprint density at radius 3 is 2.75 bits per heavy atom. The summed E-state index contributed by atoms with van der Waals surface area (Å²) in [6, 6.07) is 13.3. The molecule has 2 heterocycles. The summed E-state index contributed by atoms with van der Waals surface area (Å²) in [5, 5.41) is 12.7. The highest BCUT2D eigenvalue weighted by molar-refractivity contribution is 5.87. The molecule has 2 aromatic carbocycles. The summed E-state index contributed by atoms with van der Waals surface area (Å²) in [6.45, 7) is 8.58. The Hall–Kier alpha value is -1.62. The Bertz CT molecular complexity index is 821. The zero-order valence-corrected chi connectivity index (χ0v) is 17.5. The molecule has 0 bridgehead atoms. The molecule has 2 saturated heterocycles. The van der Waals surface area contributed by atoms with E-state index >= 15 is 0 Å². The fraction of sp³-hybridized carbons (Fsp3) is 0.583. The predicted octanol–water partition coefficient (Wildman–Crippen LogP) is 3.91. The number of piperidine rings is 2. The second-order valence-electron chi connectivity index (χ2n) is 9.04. The third kappa shape index (κ3) is 3.66. The number of likely N-dealkylation sites (N-methyl/N-ethyl adjacent to an activating group) is 1. The zero-order valence-electron chi connectivity index (χ0n) is 17.5. The number of hydrogen-bond acceptors (Lipinski definition) is 4. The lowest BCUT2D eigenvalue weighted by atomic mass is 9.69.